The van der Waals surface area contributed by atoms with Crippen LogP contribution in [0.4, 0.5) is 0 Å². The summed E-state index contributed by atoms with van der Waals surface area (Å²) in [6, 6.07) is 55.8. The van der Waals surface area contributed by atoms with E-state index in [1.165, 1.54) is 126 Å². The van der Waals surface area contributed by atoms with Crippen LogP contribution in [-0.4, -0.2) is 54.9 Å². The Morgan fingerprint density at radius 2 is 0.733 bits per heavy atom. The Morgan fingerprint density at radius 3 is 1.40 bits per heavy atom. The first-order chi connectivity index (χ1) is 29.2. The number of rotatable bonds is 4. The predicted octanol–water partition coefficient (Wildman–Crippen LogP) is 2.68. The van der Waals surface area contributed by atoms with Crippen LogP contribution in [-0.2, 0) is 0 Å². The Morgan fingerprint density at radius 1 is 0.267 bits per heavy atom. The number of furan rings is 1. The Hall–Kier alpha value is -6.51. The molecule has 1 heterocycles. The Bertz CT molecular complexity index is 3610. The number of benzene rings is 10. The molecular formula is C52H39B7O. The van der Waals surface area contributed by atoms with Gasteiger partial charge < -0.3 is 4.42 Å². The summed E-state index contributed by atoms with van der Waals surface area (Å²) in [6.07, 6.45) is 0. The summed E-state index contributed by atoms with van der Waals surface area (Å²) in [6.45, 7) is 0. The number of hydrogen-bond donors (Lipinski definition) is 0. The number of fused-ring (bicyclic) bond motifs is 7. The molecule has 0 aliphatic rings. The Kier molecular flexibility index (Phi) is 8.40. The summed E-state index contributed by atoms with van der Waals surface area (Å²) in [5.41, 5.74) is 21.3. The third-order valence-corrected chi connectivity index (χ3v) is 13.9. The van der Waals surface area contributed by atoms with Crippen LogP contribution >= 0.6 is 0 Å². The molecular weight excluding hydrogens is 716 g/mol. The summed E-state index contributed by atoms with van der Waals surface area (Å²) in [5, 5.41) is 12.5. The van der Waals surface area contributed by atoms with Crippen molar-refractivity contribution in [2.45, 2.75) is 0 Å². The summed E-state index contributed by atoms with van der Waals surface area (Å²) < 4.78 is 6.58. The van der Waals surface area contributed by atoms with E-state index >= 15 is 0 Å². The van der Waals surface area contributed by atoms with Crippen molar-refractivity contribution in [2.75, 3.05) is 0 Å². The van der Waals surface area contributed by atoms with Crippen LogP contribution < -0.4 is 38.2 Å². The first kappa shape index (κ1) is 36.6. The van der Waals surface area contributed by atoms with E-state index in [2.05, 4.69) is 207 Å². The van der Waals surface area contributed by atoms with E-state index in [4.69, 9.17) is 4.42 Å². The molecule has 10 aromatic carbocycles. The molecule has 11 rings (SSSR count). The fourth-order valence-electron chi connectivity index (χ4n) is 10.4. The third kappa shape index (κ3) is 5.43. The Balaban J connectivity index is 1.28. The van der Waals surface area contributed by atoms with Crippen molar-refractivity contribution in [1.82, 2.24) is 0 Å². The molecule has 0 unspecified atom stereocenters. The lowest BCUT2D eigenvalue weighted by Crippen LogP contribution is -2.48. The molecule has 0 radical (unpaired) electrons. The van der Waals surface area contributed by atoms with Crippen LogP contribution in [0.3, 0.4) is 0 Å². The van der Waals surface area contributed by atoms with Crippen LogP contribution in [0.1, 0.15) is 0 Å². The van der Waals surface area contributed by atoms with Gasteiger partial charge in [-0.15, -0.1) is 10.9 Å². The van der Waals surface area contributed by atoms with E-state index < -0.39 is 0 Å². The van der Waals surface area contributed by atoms with Gasteiger partial charge in [0.05, 0.1) is 0 Å². The predicted molar refractivity (Wildman–Crippen MR) is 283 cm³/mol. The second-order valence-corrected chi connectivity index (χ2v) is 17.0. The average Bonchev–Trinajstić information content (AvgIpc) is 3.64. The molecule has 1 aromatic heterocycles. The fraction of sp³-hybridized carbons (Fsp3) is 0. The van der Waals surface area contributed by atoms with Crippen LogP contribution in [0, 0.1) is 0 Å². The first-order valence-corrected chi connectivity index (χ1v) is 21.2. The maximum absolute atomic E-state index is 6.58. The minimum absolute atomic E-state index is 0.912. The van der Waals surface area contributed by atoms with Gasteiger partial charge in [0.25, 0.3) is 0 Å². The lowest BCUT2D eigenvalue weighted by Gasteiger charge is -2.28. The zero-order valence-electron chi connectivity index (χ0n) is 35.3. The molecule has 0 saturated heterocycles. The van der Waals surface area contributed by atoms with Gasteiger partial charge >= 0.3 is 0 Å². The molecule has 1 nitrogen and oxygen atoms in total. The van der Waals surface area contributed by atoms with Gasteiger partial charge in [-0.2, -0.15) is 0 Å². The zero-order valence-corrected chi connectivity index (χ0v) is 35.3. The van der Waals surface area contributed by atoms with Crippen molar-refractivity contribution in [3.05, 3.63) is 152 Å². The zero-order chi connectivity index (χ0) is 41.0. The molecule has 8 heteroatoms. The van der Waals surface area contributed by atoms with Gasteiger partial charge in [0.1, 0.15) is 66.1 Å². The largest absolute Gasteiger partial charge is 0.456 e. The molecule has 60 heavy (non-hydrogen) atoms. The molecule has 0 amide bonds. The van der Waals surface area contributed by atoms with E-state index in [1.807, 2.05) is 0 Å². The normalized spacial score (nSPS) is 11.8. The maximum atomic E-state index is 6.58. The molecule has 0 spiro atoms. The van der Waals surface area contributed by atoms with Crippen LogP contribution in [0.15, 0.2) is 156 Å². The van der Waals surface area contributed by atoms with Crippen molar-refractivity contribution in [2.24, 2.45) is 0 Å². The smallest absolute Gasteiger partial charge is 0.140 e. The lowest BCUT2D eigenvalue weighted by molar-refractivity contribution is 0.669. The van der Waals surface area contributed by atoms with Crippen LogP contribution in [0.25, 0.3) is 110 Å². The molecule has 0 atom stereocenters. The SMILES string of the molecule is Bc1c(B)c(B)c2c(-c3ccc4oc5cc6ccccc6cc5c4c3)c3c(B)c(-c4ccccc4)c(B)c(B)c3c(-c3ccc(-c4ccc5ccccc5c4)cc3)c2c1B. The minimum Gasteiger partial charge on any atom is -0.456 e. The van der Waals surface area contributed by atoms with Gasteiger partial charge in [0.15, 0.2) is 0 Å². The van der Waals surface area contributed by atoms with Gasteiger partial charge in [-0.25, -0.2) is 0 Å². The van der Waals surface area contributed by atoms with Crippen molar-refractivity contribution in [3.8, 4) is 44.5 Å². The van der Waals surface area contributed by atoms with E-state index in [0.717, 1.165) is 21.9 Å². The summed E-state index contributed by atoms with van der Waals surface area (Å²) in [4.78, 5) is 0. The Labute approximate surface area is 357 Å². The topological polar surface area (TPSA) is 13.1 Å². The second-order valence-electron chi connectivity index (χ2n) is 17.0. The standard InChI is InChI=1S/C52H39B7O/c53-46-41(28-9-2-1-3-10-28)47(54)48(55)43-39(29-17-14-27(15-18-29)33-19-16-26-8-4-5-11-30(26)22-33)44-45(50(57)52(59)51(58)49(44)56)40(42(43)46)34-20-21-37-35(24-34)36-23-31-12-6-7-13-32(31)25-38(36)60-37/h1-25H,53-59H2. The highest BCUT2D eigenvalue weighted by molar-refractivity contribution is 6.69. The van der Waals surface area contributed by atoms with Gasteiger partial charge in [-0.1, -0.05) is 149 Å². The van der Waals surface area contributed by atoms with Crippen molar-refractivity contribution in [3.63, 3.8) is 0 Å². The molecule has 11 aromatic rings. The van der Waals surface area contributed by atoms with Crippen molar-refractivity contribution in [1.29, 1.82) is 0 Å². The first-order valence-electron chi connectivity index (χ1n) is 21.2. The highest BCUT2D eigenvalue weighted by Gasteiger charge is 2.26. The maximum Gasteiger partial charge on any atom is 0.140 e. The minimum atomic E-state index is 0.912. The van der Waals surface area contributed by atoms with Crippen molar-refractivity contribution >= 4 is 158 Å². The second kappa shape index (κ2) is 13.8. The summed E-state index contributed by atoms with van der Waals surface area (Å²) in [7, 11) is 16.4. The van der Waals surface area contributed by atoms with E-state index in [9.17, 15) is 0 Å². The van der Waals surface area contributed by atoms with E-state index in [-0.39, 0.29) is 0 Å². The van der Waals surface area contributed by atoms with Gasteiger partial charge in [0.2, 0.25) is 0 Å². The third-order valence-electron chi connectivity index (χ3n) is 13.9. The molecule has 0 aliphatic heterocycles. The monoisotopic (exact) mass is 756 g/mol. The lowest BCUT2D eigenvalue weighted by atomic mass is 9.60. The molecule has 0 N–H and O–H groups in total. The highest BCUT2D eigenvalue weighted by Crippen LogP contribution is 2.44. The molecule has 0 bridgehead atoms. The van der Waals surface area contributed by atoms with Gasteiger partial charge in [0, 0.05) is 10.8 Å². The molecule has 0 aliphatic carbocycles. The van der Waals surface area contributed by atoms with Crippen LogP contribution in [0.5, 0.6) is 0 Å². The fourth-order valence-corrected chi connectivity index (χ4v) is 10.4. The van der Waals surface area contributed by atoms with E-state index in [1.54, 1.807) is 0 Å². The summed E-state index contributed by atoms with van der Waals surface area (Å²) >= 11 is 0. The van der Waals surface area contributed by atoms with Crippen molar-refractivity contribution < 1.29 is 4.42 Å². The molecule has 274 valence electrons. The quantitative estimate of drug-likeness (QED) is 0.199. The van der Waals surface area contributed by atoms with E-state index in [0.29, 0.717) is 0 Å². The molecule has 0 saturated carbocycles. The van der Waals surface area contributed by atoms with Gasteiger partial charge in [-0.05, 0) is 118 Å². The molecule has 0 fully saturated rings. The number of hydrogen-bond acceptors (Lipinski definition) is 1. The average molecular weight is 756 g/mol. The highest BCUT2D eigenvalue weighted by atomic mass is 16.3. The summed E-state index contributed by atoms with van der Waals surface area (Å²) in [5.74, 6) is 0. The van der Waals surface area contributed by atoms with Crippen LogP contribution in [0.2, 0.25) is 0 Å². The van der Waals surface area contributed by atoms with Gasteiger partial charge in [-0.3, -0.25) is 0 Å².